The van der Waals surface area contributed by atoms with Crippen LogP contribution < -0.4 is 4.74 Å². The smallest absolute Gasteiger partial charge is 0.416 e. The number of nitrogens with zero attached hydrogens (tertiary/aromatic N) is 1. The maximum Gasteiger partial charge on any atom is 0.416 e. The van der Waals surface area contributed by atoms with Crippen molar-refractivity contribution in [1.29, 1.82) is 0 Å². The molecule has 0 saturated carbocycles. The molecule has 0 aliphatic carbocycles. The zero-order valence-corrected chi connectivity index (χ0v) is 24.6. The molecule has 0 unspecified atom stereocenters. The van der Waals surface area contributed by atoms with Gasteiger partial charge >= 0.3 is 12.1 Å². The Hall–Kier alpha value is -2.62. The molecule has 0 atom stereocenters. The molecule has 2 aromatic carbocycles. The summed E-state index contributed by atoms with van der Waals surface area (Å²) in [6.45, 7) is 10.1. The zero-order chi connectivity index (χ0) is 29.3. The predicted octanol–water partition coefficient (Wildman–Crippen LogP) is 8.76. The van der Waals surface area contributed by atoms with Gasteiger partial charge in [-0.1, -0.05) is 41.4 Å². The number of ketones is 1. The van der Waals surface area contributed by atoms with E-state index in [4.69, 9.17) is 32.7 Å². The molecule has 0 saturated heterocycles. The van der Waals surface area contributed by atoms with Gasteiger partial charge in [0.2, 0.25) is 0 Å². The number of thiazole rings is 1. The van der Waals surface area contributed by atoms with Crippen LogP contribution in [-0.2, 0) is 22.1 Å². The van der Waals surface area contributed by atoms with E-state index in [1.54, 1.807) is 53.7 Å². The standard InChI is InChI=1S/C28H28Cl2F3NO4S/c1-15-23(39-24(34-15)17-7-11-18(12-8-17)28(31,32)33)19(35)13-9-16-10-14-20(22(30)21(16)29)37-27(5,6)25(36)38-26(2,3)4/h7-8,10-12,14H,9,13H2,1-6H3. The minimum atomic E-state index is -4.43. The van der Waals surface area contributed by atoms with Crippen LogP contribution in [0.2, 0.25) is 10.0 Å². The van der Waals surface area contributed by atoms with Crippen LogP contribution in [0, 0.1) is 6.92 Å². The lowest BCUT2D eigenvalue weighted by atomic mass is 10.1. The van der Waals surface area contributed by atoms with E-state index in [-0.39, 0.29) is 34.4 Å². The van der Waals surface area contributed by atoms with Crippen molar-refractivity contribution < 1.29 is 32.2 Å². The summed E-state index contributed by atoms with van der Waals surface area (Å²) >= 11 is 14.0. The third-order valence-corrected chi connectivity index (χ3v) is 7.66. The second kappa shape index (κ2) is 11.5. The molecule has 0 radical (unpaired) electrons. The van der Waals surface area contributed by atoms with Gasteiger partial charge in [0.15, 0.2) is 11.4 Å². The van der Waals surface area contributed by atoms with Crippen LogP contribution in [0.4, 0.5) is 13.2 Å². The van der Waals surface area contributed by atoms with Crippen molar-refractivity contribution in [3.8, 4) is 16.3 Å². The van der Waals surface area contributed by atoms with Gasteiger partial charge in [-0.05, 0) is 71.7 Å². The Morgan fingerprint density at radius 2 is 1.56 bits per heavy atom. The van der Waals surface area contributed by atoms with E-state index in [0.717, 1.165) is 23.5 Å². The van der Waals surface area contributed by atoms with Crippen LogP contribution in [0.3, 0.4) is 0 Å². The van der Waals surface area contributed by atoms with Gasteiger partial charge in [0.25, 0.3) is 0 Å². The highest BCUT2D eigenvalue weighted by atomic mass is 35.5. The molecule has 5 nitrogen and oxygen atoms in total. The van der Waals surface area contributed by atoms with Gasteiger partial charge in [-0.15, -0.1) is 11.3 Å². The Morgan fingerprint density at radius 3 is 2.13 bits per heavy atom. The van der Waals surface area contributed by atoms with Crippen molar-refractivity contribution in [2.75, 3.05) is 0 Å². The van der Waals surface area contributed by atoms with Crippen molar-refractivity contribution in [3.05, 3.63) is 68.1 Å². The van der Waals surface area contributed by atoms with Crippen LogP contribution >= 0.6 is 34.5 Å². The highest BCUT2D eigenvalue weighted by Crippen LogP contribution is 2.38. The molecular formula is C28H28Cl2F3NO4S. The van der Waals surface area contributed by atoms with E-state index in [1.165, 1.54) is 12.1 Å². The summed E-state index contributed by atoms with van der Waals surface area (Å²) in [7, 11) is 0. The number of esters is 1. The summed E-state index contributed by atoms with van der Waals surface area (Å²) in [6, 6.07) is 7.91. The lowest BCUT2D eigenvalue weighted by molar-refractivity contribution is -0.170. The fourth-order valence-corrected chi connectivity index (χ4v) is 5.02. The molecule has 39 heavy (non-hydrogen) atoms. The Kier molecular flexibility index (Phi) is 9.09. The number of carbonyl (C=O) groups excluding carboxylic acids is 2. The molecule has 1 heterocycles. The number of aromatic nitrogens is 1. The minimum Gasteiger partial charge on any atom is -0.475 e. The van der Waals surface area contributed by atoms with Crippen molar-refractivity contribution in [2.45, 2.75) is 71.8 Å². The molecule has 0 aliphatic rings. The van der Waals surface area contributed by atoms with Crippen molar-refractivity contribution in [3.63, 3.8) is 0 Å². The molecule has 0 N–H and O–H groups in total. The number of Topliss-reactive ketones (excluding diaryl/α,β-unsaturated/α-hetero) is 1. The zero-order valence-electron chi connectivity index (χ0n) is 22.3. The van der Waals surface area contributed by atoms with Gasteiger partial charge in [0.1, 0.15) is 21.4 Å². The monoisotopic (exact) mass is 601 g/mol. The van der Waals surface area contributed by atoms with Crippen LogP contribution in [0.15, 0.2) is 36.4 Å². The third-order valence-electron chi connectivity index (χ3n) is 5.51. The number of ether oxygens (including phenoxy) is 2. The van der Waals surface area contributed by atoms with Crippen molar-refractivity contribution in [2.24, 2.45) is 0 Å². The van der Waals surface area contributed by atoms with E-state index in [1.807, 2.05) is 0 Å². The minimum absolute atomic E-state index is 0.106. The molecule has 210 valence electrons. The number of aryl methyl sites for hydroxylation is 2. The Balaban J connectivity index is 1.70. The van der Waals surface area contributed by atoms with Gasteiger partial charge in [-0.2, -0.15) is 13.2 Å². The lowest BCUT2D eigenvalue weighted by Gasteiger charge is -2.29. The summed E-state index contributed by atoms with van der Waals surface area (Å²) < 4.78 is 49.8. The second-order valence-electron chi connectivity index (χ2n) is 10.4. The topological polar surface area (TPSA) is 65.5 Å². The van der Waals surface area contributed by atoms with Crippen LogP contribution in [-0.4, -0.2) is 27.9 Å². The number of hydrogen-bond acceptors (Lipinski definition) is 6. The summed E-state index contributed by atoms with van der Waals surface area (Å²) in [5.74, 6) is -0.540. The normalized spacial score (nSPS) is 12.4. The van der Waals surface area contributed by atoms with Crippen LogP contribution in [0.1, 0.15) is 67.5 Å². The fraction of sp³-hybridized carbons (Fsp3) is 0.393. The number of rotatable bonds is 8. The molecule has 1 aromatic heterocycles. The number of hydrogen-bond donors (Lipinski definition) is 0. The SMILES string of the molecule is Cc1nc(-c2ccc(C(F)(F)F)cc2)sc1C(=O)CCc1ccc(OC(C)(C)C(=O)OC(C)(C)C)c(Cl)c1Cl. The molecule has 0 aliphatic heterocycles. The molecule has 3 aromatic rings. The quantitative estimate of drug-likeness (QED) is 0.191. The molecule has 0 amide bonds. The second-order valence-corrected chi connectivity index (χ2v) is 12.2. The summed E-state index contributed by atoms with van der Waals surface area (Å²) in [6.07, 6.45) is -4.05. The molecule has 0 spiro atoms. The Morgan fingerprint density at radius 1 is 0.949 bits per heavy atom. The maximum atomic E-state index is 13.0. The predicted molar refractivity (Wildman–Crippen MR) is 147 cm³/mol. The van der Waals surface area contributed by atoms with E-state index < -0.39 is 28.9 Å². The van der Waals surface area contributed by atoms with E-state index in [9.17, 15) is 22.8 Å². The molecule has 11 heteroatoms. The van der Waals surface area contributed by atoms with E-state index in [2.05, 4.69) is 4.98 Å². The highest BCUT2D eigenvalue weighted by Gasteiger charge is 2.36. The van der Waals surface area contributed by atoms with Crippen LogP contribution in [0.5, 0.6) is 5.75 Å². The summed E-state index contributed by atoms with van der Waals surface area (Å²) in [5.41, 5.74) is -1.16. The van der Waals surface area contributed by atoms with E-state index >= 15 is 0 Å². The van der Waals surface area contributed by atoms with Crippen molar-refractivity contribution in [1.82, 2.24) is 4.98 Å². The van der Waals surface area contributed by atoms with Crippen molar-refractivity contribution >= 4 is 46.3 Å². The first kappa shape index (κ1) is 30.9. The lowest BCUT2D eigenvalue weighted by Crippen LogP contribution is -2.43. The van der Waals surface area contributed by atoms with Gasteiger partial charge in [-0.25, -0.2) is 9.78 Å². The maximum absolute atomic E-state index is 13.0. The molecular weight excluding hydrogens is 574 g/mol. The average Bonchev–Trinajstić information content (AvgIpc) is 3.21. The van der Waals surface area contributed by atoms with Gasteiger partial charge < -0.3 is 9.47 Å². The summed E-state index contributed by atoms with van der Waals surface area (Å²) in [4.78, 5) is 30.3. The molecule has 0 fully saturated rings. The average molecular weight is 603 g/mol. The van der Waals surface area contributed by atoms with Crippen LogP contribution in [0.25, 0.3) is 10.6 Å². The summed E-state index contributed by atoms with van der Waals surface area (Å²) in [5, 5.41) is 0.769. The van der Waals surface area contributed by atoms with Gasteiger partial charge in [0.05, 0.1) is 21.2 Å². The third kappa shape index (κ3) is 7.74. The number of benzene rings is 2. The number of halogens is 5. The number of carbonyl (C=O) groups is 2. The molecule has 0 bridgehead atoms. The first-order valence-electron chi connectivity index (χ1n) is 12.0. The van der Waals surface area contributed by atoms with E-state index in [0.29, 0.717) is 26.7 Å². The largest absolute Gasteiger partial charge is 0.475 e. The first-order chi connectivity index (χ1) is 17.9. The Bertz CT molecular complexity index is 1380. The molecule has 3 rings (SSSR count). The fourth-order valence-electron chi connectivity index (χ4n) is 3.50. The Labute approximate surface area is 239 Å². The first-order valence-corrected chi connectivity index (χ1v) is 13.5. The highest BCUT2D eigenvalue weighted by molar-refractivity contribution is 7.17. The number of alkyl halides is 3. The van der Waals surface area contributed by atoms with Gasteiger partial charge in [0, 0.05) is 12.0 Å². The van der Waals surface area contributed by atoms with Gasteiger partial charge in [-0.3, -0.25) is 4.79 Å².